The molecular weight excluding hydrogens is 328 g/mol. The van der Waals surface area contributed by atoms with Gasteiger partial charge in [-0.15, -0.1) is 0 Å². The van der Waals surface area contributed by atoms with Crippen LogP contribution in [0.1, 0.15) is 31.3 Å². The molecule has 7 heteroatoms. The van der Waals surface area contributed by atoms with Gasteiger partial charge in [0.1, 0.15) is 11.8 Å². The van der Waals surface area contributed by atoms with Crippen LogP contribution in [0.15, 0.2) is 17.8 Å². The number of aliphatic hydroxyl groups is 1. The van der Waals surface area contributed by atoms with Crippen molar-refractivity contribution in [2.75, 3.05) is 13.7 Å². The normalized spacial score (nSPS) is 22.5. The van der Waals surface area contributed by atoms with Crippen LogP contribution in [-0.2, 0) is 16.0 Å². The van der Waals surface area contributed by atoms with Crippen LogP contribution in [0.2, 0.25) is 0 Å². The molecule has 130 valence electrons. The Balaban J connectivity index is 2.04. The van der Waals surface area contributed by atoms with Gasteiger partial charge in [0.15, 0.2) is 0 Å². The van der Waals surface area contributed by atoms with Crippen LogP contribution in [0, 0.1) is 5.92 Å². The van der Waals surface area contributed by atoms with Crippen molar-refractivity contribution < 1.29 is 19.4 Å². The fraction of sp³-hybridized carbons (Fsp3) is 0.529. The van der Waals surface area contributed by atoms with Crippen LogP contribution in [-0.4, -0.2) is 46.8 Å². The summed E-state index contributed by atoms with van der Waals surface area (Å²) in [7, 11) is 1.60. The zero-order chi connectivity index (χ0) is 17.4. The number of ether oxygens (including phenoxy) is 2. The third-order valence-corrected chi connectivity index (χ3v) is 5.36. The highest BCUT2D eigenvalue weighted by atomic mass is 32.1. The van der Waals surface area contributed by atoms with E-state index in [1.54, 1.807) is 26.3 Å². The van der Waals surface area contributed by atoms with E-state index in [1.807, 2.05) is 4.90 Å². The quantitative estimate of drug-likeness (QED) is 0.840. The molecule has 6 nitrogen and oxygen atoms in total. The Morgan fingerprint density at radius 1 is 1.54 bits per heavy atom. The lowest BCUT2D eigenvalue weighted by molar-refractivity contribution is -0.139. The summed E-state index contributed by atoms with van der Waals surface area (Å²) < 4.78 is 10.3. The number of nitrogens with zero attached hydrogens (tertiary/aromatic N) is 2. The van der Waals surface area contributed by atoms with Gasteiger partial charge in [0.05, 0.1) is 25.0 Å². The lowest BCUT2D eigenvalue weighted by Crippen LogP contribution is -2.42. The second kappa shape index (κ2) is 6.57. The SMILES string of the molecule is CCOC(=O)C1=CN2C(=CC1O)c1nc(OC)sc1CC2C(C)C. The summed E-state index contributed by atoms with van der Waals surface area (Å²) in [5, 5.41) is 11.0. The highest BCUT2D eigenvalue weighted by Gasteiger charge is 2.38. The molecule has 1 aromatic heterocycles. The molecule has 0 bridgehead atoms. The summed E-state index contributed by atoms with van der Waals surface area (Å²) in [6.45, 7) is 6.32. The highest BCUT2D eigenvalue weighted by molar-refractivity contribution is 7.13. The van der Waals surface area contributed by atoms with E-state index in [1.165, 1.54) is 11.3 Å². The van der Waals surface area contributed by atoms with E-state index in [0.717, 1.165) is 22.7 Å². The topological polar surface area (TPSA) is 71.9 Å². The van der Waals surface area contributed by atoms with Crippen molar-refractivity contribution in [3.63, 3.8) is 0 Å². The zero-order valence-corrected chi connectivity index (χ0v) is 15.1. The Morgan fingerprint density at radius 2 is 2.29 bits per heavy atom. The molecule has 0 fully saturated rings. The van der Waals surface area contributed by atoms with Crippen molar-refractivity contribution in [1.82, 2.24) is 9.88 Å². The summed E-state index contributed by atoms with van der Waals surface area (Å²) in [6.07, 6.45) is 3.23. The number of hydrogen-bond donors (Lipinski definition) is 1. The van der Waals surface area contributed by atoms with Crippen molar-refractivity contribution >= 4 is 23.0 Å². The molecule has 24 heavy (non-hydrogen) atoms. The summed E-state index contributed by atoms with van der Waals surface area (Å²) in [5.74, 6) is -0.117. The number of esters is 1. The number of methoxy groups -OCH3 is 1. The second-order valence-corrected chi connectivity index (χ2v) is 7.23. The largest absolute Gasteiger partial charge is 0.473 e. The molecule has 0 amide bonds. The van der Waals surface area contributed by atoms with Crippen molar-refractivity contribution in [3.05, 3.63) is 28.4 Å². The molecule has 1 aromatic rings. The fourth-order valence-corrected chi connectivity index (χ4v) is 4.02. The number of hydrogen-bond acceptors (Lipinski definition) is 7. The number of rotatable bonds is 4. The van der Waals surface area contributed by atoms with Crippen LogP contribution in [0.25, 0.3) is 5.70 Å². The third kappa shape index (κ3) is 2.82. The summed E-state index contributed by atoms with van der Waals surface area (Å²) in [5.41, 5.74) is 1.92. The van der Waals surface area contributed by atoms with E-state index in [0.29, 0.717) is 11.1 Å². The first kappa shape index (κ1) is 17.0. The molecule has 2 unspecified atom stereocenters. The number of thiazole rings is 1. The van der Waals surface area contributed by atoms with Gasteiger partial charge in [-0.3, -0.25) is 0 Å². The first-order chi connectivity index (χ1) is 11.5. The molecule has 0 spiro atoms. The first-order valence-electron chi connectivity index (χ1n) is 8.07. The number of aromatic nitrogens is 1. The maximum atomic E-state index is 12.1. The Morgan fingerprint density at radius 3 is 2.92 bits per heavy atom. The maximum absolute atomic E-state index is 12.1. The minimum Gasteiger partial charge on any atom is -0.473 e. The Kier molecular flexibility index (Phi) is 4.64. The van der Waals surface area contributed by atoms with Gasteiger partial charge in [-0.2, -0.15) is 0 Å². The average molecular weight is 350 g/mol. The fourth-order valence-electron chi connectivity index (χ4n) is 3.09. The van der Waals surface area contributed by atoms with Gasteiger partial charge >= 0.3 is 5.97 Å². The highest BCUT2D eigenvalue weighted by Crippen LogP contribution is 2.42. The molecule has 3 heterocycles. The van der Waals surface area contributed by atoms with Crippen LogP contribution in [0.5, 0.6) is 5.19 Å². The average Bonchev–Trinajstić information content (AvgIpc) is 2.97. The molecule has 0 saturated heterocycles. The lowest BCUT2D eigenvalue weighted by Gasteiger charge is -2.41. The molecule has 1 N–H and O–H groups in total. The predicted octanol–water partition coefficient (Wildman–Crippen LogP) is 2.20. The van der Waals surface area contributed by atoms with E-state index in [2.05, 4.69) is 18.8 Å². The Hall–Kier alpha value is -1.86. The summed E-state index contributed by atoms with van der Waals surface area (Å²) >= 11 is 1.53. The number of carbonyl (C=O) groups is 1. The van der Waals surface area contributed by atoms with Crippen LogP contribution >= 0.6 is 11.3 Å². The lowest BCUT2D eigenvalue weighted by atomic mass is 9.90. The molecule has 0 aromatic carbocycles. The van der Waals surface area contributed by atoms with Crippen molar-refractivity contribution in [2.24, 2.45) is 5.92 Å². The molecular formula is C17H22N2O4S. The summed E-state index contributed by atoms with van der Waals surface area (Å²) in [6, 6.07) is 0.186. The van der Waals surface area contributed by atoms with Gasteiger partial charge in [-0.1, -0.05) is 25.2 Å². The van der Waals surface area contributed by atoms with Gasteiger partial charge in [0.25, 0.3) is 5.19 Å². The maximum Gasteiger partial charge on any atom is 0.338 e. The third-order valence-electron chi connectivity index (χ3n) is 4.32. The zero-order valence-electron chi connectivity index (χ0n) is 14.3. The second-order valence-electron chi connectivity index (χ2n) is 6.18. The molecule has 3 rings (SSSR count). The van der Waals surface area contributed by atoms with Crippen LogP contribution < -0.4 is 4.74 Å². The number of carbonyl (C=O) groups excluding carboxylic acids is 1. The van der Waals surface area contributed by atoms with E-state index >= 15 is 0 Å². The Bertz CT molecular complexity index is 707. The minimum absolute atomic E-state index is 0.186. The van der Waals surface area contributed by atoms with E-state index in [9.17, 15) is 9.90 Å². The van der Waals surface area contributed by atoms with Gasteiger partial charge in [0.2, 0.25) is 0 Å². The molecule has 2 atom stereocenters. The number of fused-ring (bicyclic) bond motifs is 3. The van der Waals surface area contributed by atoms with E-state index < -0.39 is 12.1 Å². The molecule has 0 saturated carbocycles. The molecule has 2 aliphatic heterocycles. The molecule has 0 aliphatic carbocycles. The van der Waals surface area contributed by atoms with E-state index in [4.69, 9.17) is 9.47 Å². The van der Waals surface area contributed by atoms with Gasteiger partial charge in [-0.05, 0) is 18.9 Å². The minimum atomic E-state index is -0.998. The van der Waals surface area contributed by atoms with Gasteiger partial charge in [0, 0.05) is 23.5 Å². The van der Waals surface area contributed by atoms with Gasteiger partial charge in [-0.25, -0.2) is 9.78 Å². The first-order valence-corrected chi connectivity index (χ1v) is 8.89. The van der Waals surface area contributed by atoms with Crippen molar-refractivity contribution in [2.45, 2.75) is 39.3 Å². The molecule has 0 radical (unpaired) electrons. The Labute approximate surface area is 145 Å². The van der Waals surface area contributed by atoms with Crippen molar-refractivity contribution in [1.29, 1.82) is 0 Å². The predicted molar refractivity (Wildman–Crippen MR) is 91.5 cm³/mol. The molecule has 2 aliphatic rings. The summed E-state index contributed by atoms with van der Waals surface area (Å²) in [4.78, 5) is 19.8. The van der Waals surface area contributed by atoms with Crippen molar-refractivity contribution in [3.8, 4) is 5.19 Å². The van der Waals surface area contributed by atoms with E-state index in [-0.39, 0.29) is 18.2 Å². The smallest absolute Gasteiger partial charge is 0.338 e. The standard InChI is InChI=1S/C17H22N2O4S/c1-5-23-16(21)10-8-19-11(9(2)3)7-14-15(12(19)6-13(10)20)18-17(22-4)24-14/h6,8-9,11,13,20H,5,7H2,1-4H3. The van der Waals surface area contributed by atoms with Gasteiger partial charge < -0.3 is 19.5 Å². The van der Waals surface area contributed by atoms with Crippen LogP contribution in [0.4, 0.5) is 0 Å². The van der Waals surface area contributed by atoms with Crippen LogP contribution in [0.3, 0.4) is 0 Å². The number of aliphatic hydroxyl groups excluding tert-OH is 1. The monoisotopic (exact) mass is 350 g/mol.